The van der Waals surface area contributed by atoms with E-state index in [9.17, 15) is 4.79 Å². The fourth-order valence-corrected chi connectivity index (χ4v) is 4.14. The maximum Gasteiger partial charge on any atom is 0.303 e. The van der Waals surface area contributed by atoms with Crippen LogP contribution in [0.3, 0.4) is 0 Å². The largest absolute Gasteiger partial charge is 0.487 e. The normalized spacial score (nSPS) is 12.2. The van der Waals surface area contributed by atoms with Gasteiger partial charge in [-0.1, -0.05) is 54.6 Å². The van der Waals surface area contributed by atoms with E-state index in [1.54, 1.807) is 6.20 Å². The van der Waals surface area contributed by atoms with E-state index in [-0.39, 0.29) is 12.6 Å². The SMILES string of the molecule is CC(=O)OC(COc1cccc2cccnc12)Cn1c2ccccc2c2ccccc21.[O-][Cl+3]([O-])([O-])O. The molecule has 2 aromatic heterocycles. The summed E-state index contributed by atoms with van der Waals surface area (Å²) in [5, 5.41) is 3.36. The minimum atomic E-state index is -4.69. The molecule has 36 heavy (non-hydrogen) atoms. The van der Waals surface area contributed by atoms with Crippen LogP contribution in [0.25, 0.3) is 32.7 Å². The second kappa shape index (κ2) is 10.9. The maximum atomic E-state index is 11.8. The van der Waals surface area contributed by atoms with Crippen LogP contribution in [-0.4, -0.2) is 32.9 Å². The van der Waals surface area contributed by atoms with Crippen LogP contribution < -0.4 is 18.7 Å². The molecule has 10 heteroatoms. The number of benzene rings is 3. The molecular formula is C26H23ClN2O7. The summed E-state index contributed by atoms with van der Waals surface area (Å²) < 4.78 is 46.7. The molecule has 5 rings (SSSR count). The van der Waals surface area contributed by atoms with Crippen molar-refractivity contribution >= 4 is 38.7 Å². The summed E-state index contributed by atoms with van der Waals surface area (Å²) in [6.07, 6.45) is 1.30. The van der Waals surface area contributed by atoms with Gasteiger partial charge in [0.25, 0.3) is 0 Å². The van der Waals surface area contributed by atoms with Crippen LogP contribution >= 0.6 is 0 Å². The highest BCUT2D eigenvalue weighted by molar-refractivity contribution is 6.07. The quantitative estimate of drug-likeness (QED) is 0.336. The van der Waals surface area contributed by atoms with E-state index in [0.29, 0.717) is 12.3 Å². The highest BCUT2D eigenvalue weighted by Gasteiger charge is 2.19. The topological polar surface area (TPSA) is 143 Å². The number of nitrogens with zero attached hydrogens (tertiary/aromatic N) is 2. The molecule has 0 saturated heterocycles. The molecule has 5 aromatic rings. The number of fused-ring (bicyclic) bond motifs is 4. The number of ether oxygens (including phenoxy) is 2. The number of halogens is 1. The Bertz CT molecular complexity index is 1430. The summed E-state index contributed by atoms with van der Waals surface area (Å²) >= 11 is 0. The zero-order valence-corrected chi connectivity index (χ0v) is 20.0. The van der Waals surface area contributed by atoms with Gasteiger partial charge in [0.15, 0.2) is 6.10 Å². The molecule has 2 heterocycles. The van der Waals surface area contributed by atoms with E-state index >= 15 is 0 Å². The predicted molar refractivity (Wildman–Crippen MR) is 124 cm³/mol. The van der Waals surface area contributed by atoms with Crippen molar-refractivity contribution in [2.24, 2.45) is 0 Å². The monoisotopic (exact) mass is 510 g/mol. The second-order valence-electron chi connectivity index (χ2n) is 7.91. The molecule has 0 fully saturated rings. The Hall–Kier alpha value is -3.73. The number of carbonyl (C=O) groups is 1. The van der Waals surface area contributed by atoms with Crippen LogP contribution in [0.15, 0.2) is 85.1 Å². The molecule has 3 aromatic carbocycles. The lowest BCUT2D eigenvalue weighted by Crippen LogP contribution is -2.58. The Morgan fingerprint density at radius 1 is 0.944 bits per heavy atom. The van der Waals surface area contributed by atoms with Crippen molar-refractivity contribution in [1.82, 2.24) is 9.55 Å². The van der Waals surface area contributed by atoms with E-state index < -0.39 is 16.3 Å². The van der Waals surface area contributed by atoms with Crippen LogP contribution in [0.2, 0.25) is 0 Å². The van der Waals surface area contributed by atoms with Gasteiger partial charge in [-0.3, -0.25) is 9.78 Å². The van der Waals surface area contributed by atoms with Crippen LogP contribution in [0.1, 0.15) is 6.92 Å². The highest BCUT2D eigenvalue weighted by Crippen LogP contribution is 2.29. The first-order valence-corrected chi connectivity index (χ1v) is 12.2. The minimum Gasteiger partial charge on any atom is -0.487 e. The number of aromatic nitrogens is 2. The molecule has 0 amide bonds. The Morgan fingerprint density at radius 3 is 2.14 bits per heavy atom. The first-order valence-electron chi connectivity index (χ1n) is 10.9. The highest BCUT2D eigenvalue weighted by atomic mass is 35.7. The molecule has 0 spiro atoms. The summed E-state index contributed by atoms with van der Waals surface area (Å²) in [5.74, 6) is 0.350. The number of hydrogen-bond donors (Lipinski definition) is 1. The molecule has 0 radical (unpaired) electrons. The van der Waals surface area contributed by atoms with E-state index in [1.165, 1.54) is 17.7 Å². The van der Waals surface area contributed by atoms with E-state index in [4.69, 9.17) is 28.1 Å². The van der Waals surface area contributed by atoms with Gasteiger partial charge in [-0.25, -0.2) is 0 Å². The van der Waals surface area contributed by atoms with Crippen molar-refractivity contribution in [3.8, 4) is 5.75 Å². The molecule has 186 valence electrons. The Morgan fingerprint density at radius 2 is 1.53 bits per heavy atom. The van der Waals surface area contributed by atoms with Gasteiger partial charge in [-0.05, 0) is 24.3 Å². The van der Waals surface area contributed by atoms with Gasteiger partial charge in [-0.2, -0.15) is 14.0 Å². The van der Waals surface area contributed by atoms with Crippen molar-refractivity contribution in [3.05, 3.63) is 85.1 Å². The Kier molecular flexibility index (Phi) is 7.68. The van der Waals surface area contributed by atoms with Gasteiger partial charge in [0, 0.05) is 40.3 Å². The maximum absolute atomic E-state index is 11.8. The van der Waals surface area contributed by atoms with Crippen molar-refractivity contribution in [3.63, 3.8) is 0 Å². The number of pyridine rings is 1. The summed E-state index contributed by atoms with van der Waals surface area (Å²) in [6, 6.07) is 26.3. The first-order chi connectivity index (χ1) is 17.2. The van der Waals surface area contributed by atoms with Gasteiger partial charge in [0.2, 0.25) is 0 Å². The minimum absolute atomic E-state index is 0.232. The van der Waals surface area contributed by atoms with Crippen LogP contribution in [0, 0.1) is 10.2 Å². The van der Waals surface area contributed by atoms with Gasteiger partial charge >= 0.3 is 5.97 Å². The molecule has 1 N–H and O–H groups in total. The fraction of sp³-hybridized carbons (Fsp3) is 0.154. The first kappa shape index (κ1) is 25.4. The summed E-state index contributed by atoms with van der Waals surface area (Å²) in [6.45, 7) is 2.15. The molecular weight excluding hydrogens is 488 g/mol. The summed E-state index contributed by atoms with van der Waals surface area (Å²) in [5.41, 5.74) is 3.00. The third kappa shape index (κ3) is 6.28. The molecule has 0 aliphatic carbocycles. The van der Waals surface area contributed by atoms with E-state index in [1.807, 2.05) is 54.6 Å². The van der Waals surface area contributed by atoms with Crippen molar-refractivity contribution in [2.75, 3.05) is 6.61 Å². The van der Waals surface area contributed by atoms with Gasteiger partial charge in [0.05, 0.1) is 21.4 Å². The van der Waals surface area contributed by atoms with E-state index in [0.717, 1.165) is 21.9 Å². The van der Waals surface area contributed by atoms with E-state index in [2.05, 4.69) is 33.8 Å². The van der Waals surface area contributed by atoms with Crippen molar-refractivity contribution < 1.29 is 43.1 Å². The lowest BCUT2D eigenvalue weighted by Gasteiger charge is -2.20. The number of esters is 1. The molecule has 0 bridgehead atoms. The second-order valence-corrected chi connectivity index (χ2v) is 8.71. The predicted octanol–water partition coefficient (Wildman–Crippen LogP) is 1.23. The molecule has 1 unspecified atom stereocenters. The average Bonchev–Trinajstić information content (AvgIpc) is 3.15. The average molecular weight is 511 g/mol. The lowest BCUT2D eigenvalue weighted by molar-refractivity contribution is -1.92. The summed E-state index contributed by atoms with van der Waals surface area (Å²) in [7, 11) is -4.69. The third-order valence-electron chi connectivity index (χ3n) is 5.42. The molecule has 0 aliphatic heterocycles. The van der Waals surface area contributed by atoms with Crippen molar-refractivity contribution in [2.45, 2.75) is 19.6 Å². The fourth-order valence-electron chi connectivity index (χ4n) is 4.14. The number of hydrogen-bond acceptors (Lipinski definition) is 8. The van der Waals surface area contributed by atoms with Crippen molar-refractivity contribution in [1.29, 1.82) is 0 Å². The van der Waals surface area contributed by atoms with Gasteiger partial charge in [-0.15, -0.1) is 0 Å². The zero-order chi connectivity index (χ0) is 25.7. The van der Waals surface area contributed by atoms with Crippen LogP contribution in [0.4, 0.5) is 0 Å². The Balaban J connectivity index is 0.000000556. The molecule has 9 nitrogen and oxygen atoms in total. The number of carbonyl (C=O) groups excluding carboxylic acids is 1. The zero-order valence-electron chi connectivity index (χ0n) is 19.2. The van der Waals surface area contributed by atoms with Gasteiger partial charge < -0.3 is 14.0 Å². The lowest BCUT2D eigenvalue weighted by atomic mass is 10.2. The standard InChI is InChI=1S/C26H22N2O3.ClHO4/c1-18(29)31-20(17-30-25-14-6-8-19-9-7-15-27-26(19)25)16-28-23-12-4-2-10-21(23)22-11-3-5-13-24(22)28;2-1(3,4)5/h2-15,20H,16-17H2,1H3;(H,2,3,4,5). The molecule has 1 atom stereocenters. The Labute approximate surface area is 208 Å². The van der Waals surface area contributed by atoms with Crippen LogP contribution in [0.5, 0.6) is 5.75 Å². The third-order valence-corrected chi connectivity index (χ3v) is 5.42. The smallest absolute Gasteiger partial charge is 0.303 e. The number of rotatable bonds is 6. The van der Waals surface area contributed by atoms with Crippen LogP contribution in [-0.2, 0) is 16.1 Å². The van der Waals surface area contributed by atoms with Gasteiger partial charge in [0.1, 0.15) is 17.9 Å². The molecule has 0 saturated carbocycles. The molecule has 0 aliphatic rings. The number of para-hydroxylation sites is 3. The summed E-state index contributed by atoms with van der Waals surface area (Å²) in [4.78, 5) is 16.3.